The van der Waals surface area contributed by atoms with Crippen molar-refractivity contribution in [2.45, 2.75) is 19.8 Å². The van der Waals surface area contributed by atoms with Crippen LogP contribution in [0.3, 0.4) is 0 Å². The van der Waals surface area contributed by atoms with Crippen LogP contribution in [-0.2, 0) is 16.6 Å². The van der Waals surface area contributed by atoms with E-state index in [0.29, 0.717) is 13.0 Å². The minimum absolute atomic E-state index is 0.0593. The first-order valence-corrected chi connectivity index (χ1v) is 7.12. The van der Waals surface area contributed by atoms with Crippen molar-refractivity contribution in [2.24, 2.45) is 12.5 Å². The number of para-hydroxylation sites is 1. The van der Waals surface area contributed by atoms with Crippen LogP contribution in [0.4, 0.5) is 5.69 Å². The maximum Gasteiger partial charge on any atom is 0.230 e. The molecular weight excluding hydrogens is 266 g/mol. The van der Waals surface area contributed by atoms with Crippen molar-refractivity contribution >= 4 is 28.4 Å². The van der Waals surface area contributed by atoms with Crippen molar-refractivity contribution in [2.75, 3.05) is 11.9 Å². The number of aryl methyl sites for hydroxylation is 1. The summed E-state index contributed by atoms with van der Waals surface area (Å²) in [4.78, 5) is 24.2. The first-order chi connectivity index (χ1) is 9.99. The van der Waals surface area contributed by atoms with Gasteiger partial charge in [-0.3, -0.25) is 9.59 Å². The average Bonchev–Trinajstić information content (AvgIpc) is 2.81. The van der Waals surface area contributed by atoms with Gasteiger partial charge in [-0.2, -0.15) is 0 Å². The molecule has 110 valence electrons. The van der Waals surface area contributed by atoms with E-state index in [1.54, 1.807) is 0 Å². The normalized spacial score (nSPS) is 22.1. The van der Waals surface area contributed by atoms with Crippen LogP contribution < -0.4 is 10.6 Å². The van der Waals surface area contributed by atoms with Crippen LogP contribution in [0, 0.1) is 5.41 Å². The Morgan fingerprint density at radius 1 is 1.38 bits per heavy atom. The van der Waals surface area contributed by atoms with E-state index < -0.39 is 5.41 Å². The highest BCUT2D eigenvalue weighted by Gasteiger charge is 2.38. The number of nitrogens with one attached hydrogen (secondary N) is 2. The third-order valence-electron chi connectivity index (χ3n) is 4.24. The third kappa shape index (κ3) is 2.39. The lowest BCUT2D eigenvalue weighted by Crippen LogP contribution is -2.45. The Morgan fingerprint density at radius 3 is 2.95 bits per heavy atom. The molecule has 2 N–H and O–H groups in total. The topological polar surface area (TPSA) is 63.1 Å². The van der Waals surface area contributed by atoms with E-state index in [9.17, 15) is 9.59 Å². The maximum absolute atomic E-state index is 12.6. The molecule has 0 radical (unpaired) electrons. The zero-order chi connectivity index (χ0) is 15.0. The fraction of sp³-hybridized carbons (Fsp3) is 0.375. The van der Waals surface area contributed by atoms with Gasteiger partial charge in [0.1, 0.15) is 0 Å². The summed E-state index contributed by atoms with van der Waals surface area (Å²) in [7, 11) is 1.95. The van der Waals surface area contributed by atoms with Crippen LogP contribution >= 0.6 is 0 Å². The summed E-state index contributed by atoms with van der Waals surface area (Å²) >= 11 is 0. The van der Waals surface area contributed by atoms with Crippen molar-refractivity contribution in [3.63, 3.8) is 0 Å². The second kappa shape index (κ2) is 4.91. The standard InChI is InChI=1S/C16H19N3O2/c1-16(7-8-17-13(20)10-16)15(21)18-12-5-3-4-11-6-9-19(2)14(11)12/h3-6,9H,7-8,10H2,1-2H3,(H,17,20)(H,18,21). The molecule has 21 heavy (non-hydrogen) atoms. The second-order valence-corrected chi connectivity index (χ2v) is 5.96. The van der Waals surface area contributed by atoms with Gasteiger partial charge in [-0.05, 0) is 18.6 Å². The van der Waals surface area contributed by atoms with Crippen molar-refractivity contribution in [1.82, 2.24) is 9.88 Å². The van der Waals surface area contributed by atoms with Gasteiger partial charge in [0.15, 0.2) is 0 Å². The number of carbonyl (C=O) groups is 2. The first kappa shape index (κ1) is 13.7. The summed E-state index contributed by atoms with van der Waals surface area (Å²) in [5.74, 6) is -0.151. The van der Waals surface area contributed by atoms with Crippen LogP contribution in [0.15, 0.2) is 30.5 Å². The molecule has 2 heterocycles. The molecule has 1 atom stereocenters. The smallest absolute Gasteiger partial charge is 0.230 e. The van der Waals surface area contributed by atoms with Gasteiger partial charge < -0.3 is 15.2 Å². The van der Waals surface area contributed by atoms with Crippen LogP contribution in [0.25, 0.3) is 10.9 Å². The Labute approximate surface area is 123 Å². The highest BCUT2D eigenvalue weighted by molar-refractivity contribution is 6.04. The molecule has 0 saturated carbocycles. The van der Waals surface area contributed by atoms with E-state index >= 15 is 0 Å². The molecule has 1 aliphatic rings. The van der Waals surface area contributed by atoms with Gasteiger partial charge in [0.25, 0.3) is 0 Å². The van der Waals surface area contributed by atoms with E-state index in [4.69, 9.17) is 0 Å². The predicted molar refractivity (Wildman–Crippen MR) is 81.9 cm³/mol. The number of benzene rings is 1. The molecule has 2 amide bonds. The lowest BCUT2D eigenvalue weighted by molar-refractivity contribution is -0.134. The van der Waals surface area contributed by atoms with Gasteiger partial charge in [0.2, 0.25) is 11.8 Å². The largest absolute Gasteiger partial charge is 0.356 e. The highest BCUT2D eigenvalue weighted by Crippen LogP contribution is 2.32. The van der Waals surface area contributed by atoms with Crippen LogP contribution in [-0.4, -0.2) is 22.9 Å². The molecule has 0 bridgehead atoms. The molecular formula is C16H19N3O2. The molecule has 5 heteroatoms. The van der Waals surface area contributed by atoms with E-state index in [1.807, 2.05) is 49.0 Å². The fourth-order valence-electron chi connectivity index (χ4n) is 2.91. The van der Waals surface area contributed by atoms with Crippen molar-refractivity contribution in [3.8, 4) is 0 Å². The van der Waals surface area contributed by atoms with E-state index in [0.717, 1.165) is 16.6 Å². The first-order valence-electron chi connectivity index (χ1n) is 7.12. The molecule has 0 aliphatic carbocycles. The highest BCUT2D eigenvalue weighted by atomic mass is 16.2. The fourth-order valence-corrected chi connectivity index (χ4v) is 2.91. The number of piperidine rings is 1. The predicted octanol–water partition coefficient (Wildman–Crippen LogP) is 2.03. The SMILES string of the molecule is Cn1ccc2cccc(NC(=O)C3(C)CCNC(=O)C3)c21. The quantitative estimate of drug-likeness (QED) is 0.887. The van der Waals surface area contributed by atoms with Crippen LogP contribution in [0.5, 0.6) is 0 Å². The average molecular weight is 285 g/mol. The van der Waals surface area contributed by atoms with Crippen molar-refractivity contribution < 1.29 is 9.59 Å². The zero-order valence-corrected chi connectivity index (χ0v) is 12.3. The number of fused-ring (bicyclic) bond motifs is 1. The molecule has 1 aromatic carbocycles. The Kier molecular flexibility index (Phi) is 3.20. The molecule has 1 saturated heterocycles. The minimum Gasteiger partial charge on any atom is -0.356 e. The Bertz CT molecular complexity index is 719. The number of anilines is 1. The monoisotopic (exact) mass is 285 g/mol. The molecule has 1 unspecified atom stereocenters. The number of aromatic nitrogens is 1. The summed E-state index contributed by atoms with van der Waals surface area (Å²) in [6.45, 7) is 2.41. The number of hydrogen-bond donors (Lipinski definition) is 2. The molecule has 1 aromatic heterocycles. The number of nitrogens with zero attached hydrogens (tertiary/aromatic N) is 1. The third-order valence-corrected chi connectivity index (χ3v) is 4.24. The molecule has 2 aromatic rings. The number of carbonyl (C=O) groups excluding carboxylic acids is 2. The Morgan fingerprint density at radius 2 is 2.19 bits per heavy atom. The molecule has 3 rings (SSSR count). The van der Waals surface area contributed by atoms with Gasteiger partial charge >= 0.3 is 0 Å². The number of amides is 2. The Balaban J connectivity index is 1.90. The Hall–Kier alpha value is -2.30. The summed E-state index contributed by atoms with van der Waals surface area (Å²) in [5, 5.41) is 6.86. The van der Waals surface area contributed by atoms with E-state index in [1.165, 1.54) is 0 Å². The second-order valence-electron chi connectivity index (χ2n) is 5.96. The van der Waals surface area contributed by atoms with Crippen LogP contribution in [0.1, 0.15) is 19.8 Å². The van der Waals surface area contributed by atoms with Gasteiger partial charge in [-0.1, -0.05) is 19.1 Å². The van der Waals surface area contributed by atoms with Crippen molar-refractivity contribution in [1.29, 1.82) is 0 Å². The maximum atomic E-state index is 12.6. The lowest BCUT2D eigenvalue weighted by Gasteiger charge is -2.31. The lowest BCUT2D eigenvalue weighted by atomic mass is 9.79. The number of rotatable bonds is 2. The van der Waals surface area contributed by atoms with Crippen LogP contribution in [0.2, 0.25) is 0 Å². The van der Waals surface area contributed by atoms with E-state index in [-0.39, 0.29) is 18.2 Å². The van der Waals surface area contributed by atoms with Gasteiger partial charge in [-0.15, -0.1) is 0 Å². The van der Waals surface area contributed by atoms with Gasteiger partial charge in [0.05, 0.1) is 16.6 Å². The molecule has 0 spiro atoms. The molecule has 1 aliphatic heterocycles. The van der Waals surface area contributed by atoms with Crippen molar-refractivity contribution in [3.05, 3.63) is 30.5 Å². The number of hydrogen-bond acceptors (Lipinski definition) is 2. The summed E-state index contributed by atoms with van der Waals surface area (Å²) < 4.78 is 1.99. The summed E-state index contributed by atoms with van der Waals surface area (Å²) in [6.07, 6.45) is 2.87. The minimum atomic E-state index is -0.643. The zero-order valence-electron chi connectivity index (χ0n) is 12.3. The van der Waals surface area contributed by atoms with Gasteiger partial charge in [0, 0.05) is 31.6 Å². The summed E-state index contributed by atoms with van der Waals surface area (Å²) in [5.41, 5.74) is 1.14. The summed E-state index contributed by atoms with van der Waals surface area (Å²) in [6, 6.07) is 7.85. The van der Waals surface area contributed by atoms with E-state index in [2.05, 4.69) is 10.6 Å². The van der Waals surface area contributed by atoms with Gasteiger partial charge in [-0.25, -0.2) is 0 Å². The molecule has 5 nitrogen and oxygen atoms in total. The molecule has 1 fully saturated rings.